The molecular weight excluding hydrogens is 340 g/mol. The maximum Gasteiger partial charge on any atom is 0.512 e. The Morgan fingerprint density at radius 3 is 1.92 bits per heavy atom. The number of carboxylic acid groups (broad SMARTS) is 1. The van der Waals surface area contributed by atoms with E-state index in [4.69, 9.17) is 9.84 Å². The van der Waals surface area contributed by atoms with Crippen LogP contribution in [0.3, 0.4) is 0 Å². The summed E-state index contributed by atoms with van der Waals surface area (Å²) in [6.07, 6.45) is 0.313. The third-order valence-electron chi connectivity index (χ3n) is 4.01. The van der Waals surface area contributed by atoms with Crippen LogP contribution in [-0.2, 0) is 0 Å². The van der Waals surface area contributed by atoms with Crippen molar-refractivity contribution in [2.45, 2.75) is 19.9 Å². The Hall–Kier alpha value is -3.15. The van der Waals surface area contributed by atoms with Gasteiger partial charge in [0.2, 0.25) is 5.88 Å². The number of halogens is 2. The number of nitrogens with zero attached hydrogens (tertiary/aromatic N) is 1. The number of ether oxygens (including phenoxy) is 1. The summed E-state index contributed by atoms with van der Waals surface area (Å²) in [5.41, 5.74) is 2.47. The molecule has 134 valence electrons. The summed E-state index contributed by atoms with van der Waals surface area (Å²) in [7, 11) is 0. The third kappa shape index (κ3) is 3.44. The maximum atomic E-state index is 13.3. The summed E-state index contributed by atoms with van der Waals surface area (Å²) in [6, 6.07) is 11.5. The van der Waals surface area contributed by atoms with Gasteiger partial charge in [-0.05, 0) is 49.2 Å². The van der Waals surface area contributed by atoms with Gasteiger partial charge >= 0.3 is 6.16 Å². The highest BCUT2D eigenvalue weighted by Crippen LogP contribution is 2.42. The first kappa shape index (κ1) is 17.7. The fourth-order valence-corrected chi connectivity index (χ4v) is 2.82. The molecule has 1 N–H and O–H groups in total. The molecule has 0 amide bonds. The van der Waals surface area contributed by atoms with Crippen molar-refractivity contribution in [1.29, 1.82) is 0 Å². The van der Waals surface area contributed by atoms with E-state index in [-0.39, 0.29) is 17.7 Å². The molecule has 0 saturated carbocycles. The number of benzene rings is 2. The molecule has 0 spiro atoms. The zero-order chi connectivity index (χ0) is 18.8. The summed E-state index contributed by atoms with van der Waals surface area (Å²) in [5, 5.41) is 9.16. The quantitative estimate of drug-likeness (QED) is 0.606. The molecule has 0 atom stereocenters. The molecular formula is C20H17F2NO3. The smallest absolute Gasteiger partial charge is 0.449 e. The second kappa shape index (κ2) is 7.00. The topological polar surface area (TPSA) is 51.5 Å². The first-order valence-corrected chi connectivity index (χ1v) is 8.04. The fourth-order valence-electron chi connectivity index (χ4n) is 2.82. The highest BCUT2D eigenvalue weighted by atomic mass is 19.1. The van der Waals surface area contributed by atoms with Gasteiger partial charge in [0.05, 0.1) is 5.56 Å². The van der Waals surface area contributed by atoms with Gasteiger partial charge in [0.15, 0.2) is 0 Å². The van der Waals surface area contributed by atoms with Gasteiger partial charge in [0.25, 0.3) is 0 Å². The number of hydrogen-bond donors (Lipinski definition) is 1. The van der Waals surface area contributed by atoms with Crippen LogP contribution in [0.2, 0.25) is 0 Å². The van der Waals surface area contributed by atoms with Crippen molar-refractivity contribution in [3.8, 4) is 28.1 Å². The van der Waals surface area contributed by atoms with Crippen LogP contribution in [-0.4, -0.2) is 15.8 Å². The molecule has 0 radical (unpaired) electrons. The minimum atomic E-state index is -1.45. The normalized spacial score (nSPS) is 11.0. The Balaban J connectivity index is 2.29. The lowest BCUT2D eigenvalue weighted by Gasteiger charge is -2.13. The zero-order valence-corrected chi connectivity index (χ0v) is 14.2. The van der Waals surface area contributed by atoms with Crippen molar-refractivity contribution in [2.24, 2.45) is 0 Å². The van der Waals surface area contributed by atoms with Crippen molar-refractivity contribution in [3.63, 3.8) is 0 Å². The van der Waals surface area contributed by atoms with Gasteiger partial charge in [-0.25, -0.2) is 13.6 Å². The van der Waals surface area contributed by atoms with E-state index in [1.54, 1.807) is 35.0 Å². The molecule has 1 heterocycles. The van der Waals surface area contributed by atoms with E-state index in [0.29, 0.717) is 22.3 Å². The maximum absolute atomic E-state index is 13.3. The van der Waals surface area contributed by atoms with E-state index in [1.807, 2.05) is 13.8 Å². The SMILES string of the molecule is CC(C)n1cc(-c2ccc(F)cc2)c(-c2ccc(F)cc2)c1OC(=O)O. The Labute approximate surface area is 149 Å². The zero-order valence-electron chi connectivity index (χ0n) is 14.2. The number of hydrogen-bond acceptors (Lipinski definition) is 2. The molecule has 26 heavy (non-hydrogen) atoms. The fraction of sp³-hybridized carbons (Fsp3) is 0.150. The molecule has 0 aliphatic rings. The van der Waals surface area contributed by atoms with Crippen LogP contribution in [0, 0.1) is 11.6 Å². The van der Waals surface area contributed by atoms with Crippen LogP contribution < -0.4 is 4.74 Å². The van der Waals surface area contributed by atoms with Crippen molar-refractivity contribution < 1.29 is 23.4 Å². The van der Waals surface area contributed by atoms with Crippen molar-refractivity contribution >= 4 is 6.16 Å². The highest BCUT2D eigenvalue weighted by molar-refractivity contribution is 5.88. The molecule has 3 rings (SSSR count). The Morgan fingerprint density at radius 1 is 0.962 bits per heavy atom. The summed E-state index contributed by atoms with van der Waals surface area (Å²) in [4.78, 5) is 11.2. The minimum absolute atomic E-state index is 0.0854. The molecule has 3 aromatic rings. The summed E-state index contributed by atoms with van der Waals surface area (Å²) < 4.78 is 33.4. The standard InChI is InChI=1S/C20H17F2NO3/c1-12(2)23-11-17(13-3-7-15(21)8-4-13)18(19(23)26-20(24)25)14-5-9-16(22)10-6-14/h3-12H,1-2H3,(H,24,25). The first-order chi connectivity index (χ1) is 12.4. The van der Waals surface area contributed by atoms with E-state index in [1.165, 1.54) is 24.3 Å². The van der Waals surface area contributed by atoms with Crippen LogP contribution >= 0.6 is 0 Å². The second-order valence-electron chi connectivity index (χ2n) is 6.11. The molecule has 4 nitrogen and oxygen atoms in total. The summed E-state index contributed by atoms with van der Waals surface area (Å²) >= 11 is 0. The van der Waals surface area contributed by atoms with E-state index in [2.05, 4.69) is 0 Å². The van der Waals surface area contributed by atoms with Crippen molar-refractivity contribution in [2.75, 3.05) is 0 Å². The Kier molecular flexibility index (Phi) is 4.75. The van der Waals surface area contributed by atoms with Gasteiger partial charge in [-0.15, -0.1) is 0 Å². The third-order valence-corrected chi connectivity index (χ3v) is 4.01. The van der Waals surface area contributed by atoms with Gasteiger partial charge in [-0.3, -0.25) is 0 Å². The van der Waals surface area contributed by atoms with Gasteiger partial charge in [-0.1, -0.05) is 24.3 Å². The van der Waals surface area contributed by atoms with Crippen LogP contribution in [0.4, 0.5) is 13.6 Å². The van der Waals surface area contributed by atoms with E-state index < -0.39 is 12.0 Å². The molecule has 1 aromatic heterocycles. The molecule has 0 fully saturated rings. The largest absolute Gasteiger partial charge is 0.512 e. The summed E-state index contributed by atoms with van der Waals surface area (Å²) in [6.45, 7) is 3.77. The van der Waals surface area contributed by atoms with Crippen LogP contribution in [0.5, 0.6) is 5.88 Å². The number of aromatic nitrogens is 1. The summed E-state index contributed by atoms with van der Waals surface area (Å²) in [5.74, 6) is -0.637. The lowest BCUT2D eigenvalue weighted by atomic mass is 9.98. The highest BCUT2D eigenvalue weighted by Gasteiger charge is 2.23. The van der Waals surface area contributed by atoms with Crippen molar-refractivity contribution in [3.05, 3.63) is 66.4 Å². The van der Waals surface area contributed by atoms with Gasteiger partial charge in [0, 0.05) is 17.8 Å². The van der Waals surface area contributed by atoms with Gasteiger partial charge in [0.1, 0.15) is 11.6 Å². The molecule has 2 aromatic carbocycles. The van der Waals surface area contributed by atoms with Crippen LogP contribution in [0.15, 0.2) is 54.7 Å². The molecule has 0 bridgehead atoms. The second-order valence-corrected chi connectivity index (χ2v) is 6.11. The minimum Gasteiger partial charge on any atom is -0.449 e. The average Bonchev–Trinajstić information content (AvgIpc) is 2.95. The van der Waals surface area contributed by atoms with E-state index in [0.717, 1.165) is 0 Å². The first-order valence-electron chi connectivity index (χ1n) is 8.04. The van der Waals surface area contributed by atoms with Gasteiger partial charge < -0.3 is 14.4 Å². The van der Waals surface area contributed by atoms with E-state index in [9.17, 15) is 13.6 Å². The predicted molar refractivity (Wildman–Crippen MR) is 94.3 cm³/mol. The number of rotatable bonds is 4. The van der Waals surface area contributed by atoms with Crippen molar-refractivity contribution in [1.82, 2.24) is 4.57 Å². The average molecular weight is 357 g/mol. The molecule has 0 aliphatic heterocycles. The predicted octanol–water partition coefficient (Wildman–Crippen LogP) is 5.74. The van der Waals surface area contributed by atoms with Gasteiger partial charge in [-0.2, -0.15) is 0 Å². The monoisotopic (exact) mass is 357 g/mol. The number of carbonyl (C=O) groups is 1. The molecule has 0 unspecified atom stereocenters. The lowest BCUT2D eigenvalue weighted by Crippen LogP contribution is -2.10. The van der Waals surface area contributed by atoms with Crippen LogP contribution in [0.25, 0.3) is 22.3 Å². The van der Waals surface area contributed by atoms with E-state index >= 15 is 0 Å². The molecule has 0 saturated heterocycles. The molecule has 6 heteroatoms. The van der Waals surface area contributed by atoms with Crippen LogP contribution in [0.1, 0.15) is 19.9 Å². The Morgan fingerprint density at radius 2 is 1.46 bits per heavy atom. The lowest BCUT2D eigenvalue weighted by molar-refractivity contribution is 0.140. The Bertz CT molecular complexity index is 929. The molecule has 0 aliphatic carbocycles.